The van der Waals surface area contributed by atoms with Gasteiger partial charge in [0.05, 0.1) is 25.8 Å². The lowest BCUT2D eigenvalue weighted by Gasteiger charge is -2.25. The fourth-order valence-corrected chi connectivity index (χ4v) is 4.01. The minimum Gasteiger partial charge on any atom is -0.497 e. The van der Waals surface area contributed by atoms with Crippen molar-refractivity contribution >= 4 is 23.3 Å². The molecule has 168 valence electrons. The monoisotopic (exact) mass is 442 g/mol. The number of carbonyl (C=O) groups excluding carboxylic acids is 2. The average Bonchev–Trinajstić information content (AvgIpc) is 3.19. The highest BCUT2D eigenvalue weighted by Crippen LogP contribution is 2.33. The van der Waals surface area contributed by atoms with Crippen molar-refractivity contribution in [2.24, 2.45) is 0 Å². The van der Waals surface area contributed by atoms with E-state index in [1.165, 1.54) is 7.11 Å². The first-order valence-corrected chi connectivity index (χ1v) is 10.7. The van der Waals surface area contributed by atoms with Gasteiger partial charge in [0.2, 0.25) is 0 Å². The highest BCUT2D eigenvalue weighted by Gasteiger charge is 2.39. The normalized spacial score (nSPS) is 15.5. The fourth-order valence-electron chi connectivity index (χ4n) is 4.01. The van der Waals surface area contributed by atoms with E-state index in [1.54, 1.807) is 24.1 Å². The van der Waals surface area contributed by atoms with Gasteiger partial charge in [-0.15, -0.1) is 0 Å². The molecule has 2 amide bonds. The molecular weight excluding hydrogens is 416 g/mol. The minimum atomic E-state index is -0.389. The molecule has 6 heteroatoms. The van der Waals surface area contributed by atoms with E-state index in [2.05, 4.69) is 6.58 Å². The van der Waals surface area contributed by atoms with Crippen LogP contribution >= 0.6 is 0 Å². The number of anilines is 1. The molecule has 1 unspecified atom stereocenters. The smallest absolute Gasteiger partial charge is 0.337 e. The van der Waals surface area contributed by atoms with Crippen LogP contribution in [-0.2, 0) is 11.3 Å². The Morgan fingerprint density at radius 2 is 1.58 bits per heavy atom. The van der Waals surface area contributed by atoms with Gasteiger partial charge in [-0.3, -0.25) is 4.90 Å². The summed E-state index contributed by atoms with van der Waals surface area (Å²) in [5.74, 6) is 0.388. The summed E-state index contributed by atoms with van der Waals surface area (Å²) in [7, 11) is 2.99. The lowest BCUT2D eigenvalue weighted by Crippen LogP contribution is -2.35. The summed E-state index contributed by atoms with van der Waals surface area (Å²) in [4.78, 5) is 28.9. The Morgan fingerprint density at radius 3 is 2.18 bits per heavy atom. The summed E-state index contributed by atoms with van der Waals surface area (Å²) in [6, 6.07) is 24.1. The molecule has 0 bridgehead atoms. The number of nitrogens with zero attached hydrogens (tertiary/aromatic N) is 2. The third-order valence-electron chi connectivity index (χ3n) is 5.83. The number of hydrogen-bond donors (Lipinski definition) is 0. The topological polar surface area (TPSA) is 59.1 Å². The van der Waals surface area contributed by atoms with Gasteiger partial charge in [0.1, 0.15) is 5.75 Å². The number of esters is 1. The summed E-state index contributed by atoms with van der Waals surface area (Å²) in [6.45, 7) is 5.30. The Balaban J connectivity index is 1.61. The molecule has 1 saturated heterocycles. The molecule has 6 nitrogen and oxygen atoms in total. The maximum absolute atomic E-state index is 13.5. The average molecular weight is 443 g/mol. The fraction of sp³-hybridized carbons (Fsp3) is 0.185. The molecule has 0 N–H and O–H groups in total. The zero-order valence-corrected chi connectivity index (χ0v) is 18.7. The first-order chi connectivity index (χ1) is 16.0. The van der Waals surface area contributed by atoms with E-state index < -0.39 is 0 Å². The van der Waals surface area contributed by atoms with Crippen molar-refractivity contribution in [3.63, 3.8) is 0 Å². The summed E-state index contributed by atoms with van der Waals surface area (Å²) in [5, 5.41) is 0. The van der Waals surface area contributed by atoms with Gasteiger partial charge in [0.25, 0.3) is 0 Å². The molecule has 1 heterocycles. The first-order valence-electron chi connectivity index (χ1n) is 10.7. The second kappa shape index (κ2) is 9.61. The molecule has 1 aliphatic rings. The van der Waals surface area contributed by atoms with Crippen LogP contribution in [0.25, 0.3) is 5.57 Å². The van der Waals surface area contributed by atoms with Crippen molar-refractivity contribution < 1.29 is 19.1 Å². The SMILES string of the molecule is C=C(c1ccc(C(=O)OC)cc1)C1CN(Cc2ccc(OC)cc2)C(=O)N1c1ccccc1. The van der Waals surface area contributed by atoms with Gasteiger partial charge in [-0.25, -0.2) is 9.59 Å². The van der Waals surface area contributed by atoms with Gasteiger partial charge in [-0.05, 0) is 53.1 Å². The third-order valence-corrected chi connectivity index (χ3v) is 5.83. The number of benzene rings is 3. The number of carbonyl (C=O) groups is 2. The number of amides is 2. The van der Waals surface area contributed by atoms with Crippen LogP contribution in [0, 0.1) is 0 Å². The number of para-hydroxylation sites is 1. The maximum atomic E-state index is 13.5. The number of hydrogen-bond acceptors (Lipinski definition) is 4. The van der Waals surface area contributed by atoms with E-state index >= 15 is 0 Å². The highest BCUT2D eigenvalue weighted by atomic mass is 16.5. The third kappa shape index (κ3) is 4.60. The zero-order valence-electron chi connectivity index (χ0n) is 18.7. The molecule has 33 heavy (non-hydrogen) atoms. The predicted molar refractivity (Wildman–Crippen MR) is 128 cm³/mol. The van der Waals surface area contributed by atoms with Gasteiger partial charge < -0.3 is 14.4 Å². The maximum Gasteiger partial charge on any atom is 0.337 e. The van der Waals surface area contributed by atoms with Crippen LogP contribution in [0.5, 0.6) is 5.75 Å². The van der Waals surface area contributed by atoms with Crippen LogP contribution in [0.4, 0.5) is 10.5 Å². The molecule has 0 aliphatic carbocycles. The summed E-state index contributed by atoms with van der Waals surface area (Å²) in [5.41, 5.74) is 3.98. The Labute approximate surface area is 193 Å². The molecule has 4 rings (SSSR count). The van der Waals surface area contributed by atoms with Crippen LogP contribution < -0.4 is 9.64 Å². The van der Waals surface area contributed by atoms with Crippen molar-refractivity contribution in [3.8, 4) is 5.75 Å². The van der Waals surface area contributed by atoms with E-state index in [0.717, 1.165) is 28.1 Å². The van der Waals surface area contributed by atoms with E-state index in [0.29, 0.717) is 18.7 Å². The van der Waals surface area contributed by atoms with Gasteiger partial charge in [0.15, 0.2) is 0 Å². The predicted octanol–water partition coefficient (Wildman–Crippen LogP) is 5.01. The standard InChI is InChI=1S/C27H26N2O4/c1-19(21-11-13-22(14-12-21)26(30)33-3)25-18-28(17-20-9-15-24(32-2)16-10-20)27(31)29(25)23-7-5-4-6-8-23/h4-16,25H,1,17-18H2,2-3H3. The number of rotatable bonds is 7. The first kappa shape index (κ1) is 22.1. The Morgan fingerprint density at radius 1 is 0.939 bits per heavy atom. The van der Waals surface area contributed by atoms with Crippen molar-refractivity contribution in [2.75, 3.05) is 25.7 Å². The second-order valence-corrected chi connectivity index (χ2v) is 7.83. The van der Waals surface area contributed by atoms with Crippen LogP contribution in [0.1, 0.15) is 21.5 Å². The molecule has 3 aromatic carbocycles. The molecule has 1 atom stereocenters. The van der Waals surface area contributed by atoms with Gasteiger partial charge in [-0.2, -0.15) is 0 Å². The molecule has 0 radical (unpaired) electrons. The Bertz CT molecular complexity index is 1140. The van der Waals surface area contributed by atoms with E-state index in [9.17, 15) is 9.59 Å². The number of ether oxygens (including phenoxy) is 2. The van der Waals surface area contributed by atoms with Crippen LogP contribution in [0.3, 0.4) is 0 Å². The van der Waals surface area contributed by atoms with Crippen molar-refractivity contribution in [1.82, 2.24) is 4.90 Å². The van der Waals surface area contributed by atoms with Crippen LogP contribution in [0.2, 0.25) is 0 Å². The minimum absolute atomic E-state index is 0.0747. The number of methoxy groups -OCH3 is 2. The number of urea groups is 1. The summed E-state index contributed by atoms with van der Waals surface area (Å²) in [6.07, 6.45) is 0. The van der Waals surface area contributed by atoms with E-state index in [-0.39, 0.29) is 18.0 Å². The summed E-state index contributed by atoms with van der Waals surface area (Å²) >= 11 is 0. The molecule has 3 aromatic rings. The van der Waals surface area contributed by atoms with Crippen LogP contribution in [-0.4, -0.2) is 43.7 Å². The second-order valence-electron chi connectivity index (χ2n) is 7.83. The lowest BCUT2D eigenvalue weighted by atomic mass is 9.98. The van der Waals surface area contributed by atoms with Gasteiger partial charge >= 0.3 is 12.0 Å². The van der Waals surface area contributed by atoms with Crippen molar-refractivity contribution in [3.05, 3.63) is 102 Å². The quantitative estimate of drug-likeness (QED) is 0.483. The van der Waals surface area contributed by atoms with Gasteiger partial charge in [-0.1, -0.05) is 49.0 Å². The molecule has 1 fully saturated rings. The summed E-state index contributed by atoms with van der Waals surface area (Å²) < 4.78 is 10.0. The Kier molecular flexibility index (Phi) is 6.45. The van der Waals surface area contributed by atoms with E-state index in [4.69, 9.17) is 9.47 Å². The molecule has 0 aromatic heterocycles. The molecule has 0 saturated carbocycles. The zero-order chi connectivity index (χ0) is 23.4. The molecular formula is C27H26N2O4. The van der Waals surface area contributed by atoms with E-state index in [1.807, 2.05) is 71.6 Å². The molecule has 1 aliphatic heterocycles. The highest BCUT2D eigenvalue weighted by molar-refractivity contribution is 5.99. The van der Waals surface area contributed by atoms with Gasteiger partial charge in [0, 0.05) is 18.8 Å². The van der Waals surface area contributed by atoms with Crippen molar-refractivity contribution in [2.45, 2.75) is 12.6 Å². The van der Waals surface area contributed by atoms with Crippen LogP contribution in [0.15, 0.2) is 85.4 Å². The largest absolute Gasteiger partial charge is 0.497 e. The van der Waals surface area contributed by atoms with Crippen molar-refractivity contribution in [1.29, 1.82) is 0 Å². The lowest BCUT2D eigenvalue weighted by molar-refractivity contribution is 0.0600. The molecule has 0 spiro atoms. The Hall–Kier alpha value is -4.06.